The van der Waals surface area contributed by atoms with Crippen LogP contribution in [-0.4, -0.2) is 41.0 Å². The highest BCUT2D eigenvalue weighted by molar-refractivity contribution is 6.07. The Bertz CT molecular complexity index is 1060. The molecule has 3 rings (SSSR count). The highest BCUT2D eigenvalue weighted by Crippen LogP contribution is 2.35. The van der Waals surface area contributed by atoms with Crippen LogP contribution in [-0.2, 0) is 0 Å². The van der Waals surface area contributed by atoms with E-state index in [9.17, 15) is 9.59 Å². The smallest absolute Gasteiger partial charge is 0.335 e. The van der Waals surface area contributed by atoms with Gasteiger partial charge in [-0.2, -0.15) is 0 Å². The van der Waals surface area contributed by atoms with E-state index in [0.29, 0.717) is 33.9 Å². The second kappa shape index (κ2) is 8.79. The Kier molecular flexibility index (Phi) is 5.99. The third kappa shape index (κ3) is 4.47. The van der Waals surface area contributed by atoms with Gasteiger partial charge in [-0.05, 0) is 30.4 Å². The van der Waals surface area contributed by atoms with Crippen molar-refractivity contribution in [2.45, 2.75) is 0 Å². The molecule has 0 bridgehead atoms. The normalized spacial score (nSPS) is 10.7. The third-order valence-electron chi connectivity index (χ3n) is 4.22. The number of aromatic nitrogens is 2. The maximum Gasteiger partial charge on any atom is 0.335 e. The highest BCUT2D eigenvalue weighted by atomic mass is 16.5. The van der Waals surface area contributed by atoms with Gasteiger partial charge in [-0.15, -0.1) is 0 Å². The van der Waals surface area contributed by atoms with E-state index in [2.05, 4.69) is 9.97 Å². The van der Waals surface area contributed by atoms with Crippen LogP contribution in [0.2, 0.25) is 0 Å². The first kappa shape index (κ1) is 19.8. The summed E-state index contributed by atoms with van der Waals surface area (Å²) >= 11 is 0. The van der Waals surface area contributed by atoms with Gasteiger partial charge < -0.3 is 14.6 Å². The van der Waals surface area contributed by atoms with Crippen LogP contribution in [0.5, 0.6) is 11.5 Å². The number of rotatable bonds is 7. The molecule has 0 aliphatic carbocycles. The van der Waals surface area contributed by atoms with Crippen molar-refractivity contribution in [3.63, 3.8) is 0 Å². The molecular weight excluding hydrogens is 372 g/mol. The van der Waals surface area contributed by atoms with Gasteiger partial charge in [0.2, 0.25) is 0 Å². The molecule has 2 aromatic carbocycles. The molecule has 0 fully saturated rings. The molecule has 0 unspecified atom stereocenters. The Labute approximate surface area is 167 Å². The number of carbonyl (C=O) groups is 2. The molecule has 0 aliphatic heterocycles. The Morgan fingerprint density at radius 2 is 1.66 bits per heavy atom. The lowest BCUT2D eigenvalue weighted by Crippen LogP contribution is -1.99. The number of hydrogen-bond donors (Lipinski definition) is 1. The lowest BCUT2D eigenvalue weighted by molar-refractivity contribution is 0.0696. The minimum atomic E-state index is -1.04. The molecule has 1 N–H and O–H groups in total. The van der Waals surface area contributed by atoms with Gasteiger partial charge >= 0.3 is 5.97 Å². The van der Waals surface area contributed by atoms with Crippen molar-refractivity contribution in [2.24, 2.45) is 0 Å². The topological polar surface area (TPSA) is 98.6 Å². The third-order valence-corrected chi connectivity index (χ3v) is 4.22. The predicted octanol–water partition coefficient (Wildman–Crippen LogP) is 3.76. The van der Waals surface area contributed by atoms with E-state index in [-0.39, 0.29) is 11.3 Å². The second-order valence-corrected chi connectivity index (χ2v) is 5.97. The summed E-state index contributed by atoms with van der Waals surface area (Å²) in [6.45, 7) is 0. The Morgan fingerprint density at radius 1 is 0.966 bits per heavy atom. The molecule has 0 radical (unpaired) electrons. The van der Waals surface area contributed by atoms with Gasteiger partial charge in [0.25, 0.3) is 0 Å². The Morgan fingerprint density at radius 3 is 2.24 bits per heavy atom. The van der Waals surface area contributed by atoms with Gasteiger partial charge in [0.05, 0.1) is 31.7 Å². The number of nitrogens with zero attached hydrogens (tertiary/aromatic N) is 2. The van der Waals surface area contributed by atoms with Crippen LogP contribution in [0.15, 0.2) is 61.1 Å². The van der Waals surface area contributed by atoms with Crippen molar-refractivity contribution in [3.8, 4) is 22.8 Å². The molecule has 146 valence electrons. The zero-order valence-electron chi connectivity index (χ0n) is 15.8. The number of carbonyl (C=O) groups excluding carboxylic acids is 1. The first-order valence-electron chi connectivity index (χ1n) is 8.61. The number of carboxylic acid groups (broad SMARTS) is 1. The minimum absolute atomic E-state index is 0.121. The van der Waals surface area contributed by atoms with Gasteiger partial charge in [0.15, 0.2) is 5.78 Å². The van der Waals surface area contributed by atoms with Crippen LogP contribution in [0.3, 0.4) is 0 Å². The van der Waals surface area contributed by atoms with Crippen molar-refractivity contribution in [1.82, 2.24) is 9.97 Å². The minimum Gasteiger partial charge on any atom is -0.496 e. The zero-order valence-corrected chi connectivity index (χ0v) is 15.8. The Balaban J connectivity index is 1.94. The quantitative estimate of drug-likeness (QED) is 0.484. The SMILES string of the molecule is COc1cc(OC)c(-c2cnccn2)cc1/C=C/C(=O)c1ccc(C(=O)O)cc1. The second-order valence-electron chi connectivity index (χ2n) is 5.97. The van der Waals surface area contributed by atoms with Gasteiger partial charge in [-0.25, -0.2) is 4.79 Å². The number of ether oxygens (including phenoxy) is 2. The van der Waals surface area contributed by atoms with Crippen LogP contribution >= 0.6 is 0 Å². The van der Waals surface area contributed by atoms with Crippen LogP contribution in [0, 0.1) is 0 Å². The number of benzene rings is 2. The van der Waals surface area contributed by atoms with E-state index in [1.165, 1.54) is 37.5 Å². The molecule has 29 heavy (non-hydrogen) atoms. The van der Waals surface area contributed by atoms with E-state index in [1.807, 2.05) is 0 Å². The number of hydrogen-bond acceptors (Lipinski definition) is 6. The zero-order chi connectivity index (χ0) is 20.8. The summed E-state index contributed by atoms with van der Waals surface area (Å²) in [5, 5.41) is 8.95. The average Bonchev–Trinajstić information content (AvgIpc) is 2.77. The molecule has 7 heteroatoms. The lowest BCUT2D eigenvalue weighted by Gasteiger charge is -2.12. The van der Waals surface area contributed by atoms with Gasteiger partial charge in [-0.1, -0.05) is 12.1 Å². The van der Waals surface area contributed by atoms with Crippen molar-refractivity contribution >= 4 is 17.8 Å². The van der Waals surface area contributed by atoms with Crippen LogP contribution < -0.4 is 9.47 Å². The predicted molar refractivity (Wildman–Crippen MR) is 107 cm³/mol. The summed E-state index contributed by atoms with van der Waals surface area (Å²) < 4.78 is 10.9. The first-order valence-corrected chi connectivity index (χ1v) is 8.61. The van der Waals surface area contributed by atoms with Crippen molar-refractivity contribution in [1.29, 1.82) is 0 Å². The lowest BCUT2D eigenvalue weighted by atomic mass is 10.0. The van der Waals surface area contributed by atoms with Gasteiger partial charge in [0, 0.05) is 35.2 Å². The maximum atomic E-state index is 12.5. The van der Waals surface area contributed by atoms with Crippen molar-refractivity contribution < 1.29 is 24.2 Å². The molecule has 0 saturated carbocycles. The Hall–Kier alpha value is -4.00. The highest BCUT2D eigenvalue weighted by Gasteiger charge is 2.13. The van der Waals surface area contributed by atoms with E-state index in [0.717, 1.165) is 0 Å². The van der Waals surface area contributed by atoms with E-state index in [1.54, 1.807) is 43.9 Å². The molecular formula is C22H18N2O5. The molecule has 0 aliphatic rings. The largest absolute Gasteiger partial charge is 0.496 e. The number of allylic oxidation sites excluding steroid dienone is 1. The monoisotopic (exact) mass is 390 g/mol. The summed E-state index contributed by atoms with van der Waals surface area (Å²) in [4.78, 5) is 31.8. The van der Waals surface area contributed by atoms with Crippen molar-refractivity contribution in [2.75, 3.05) is 14.2 Å². The molecule has 1 aromatic heterocycles. The molecule has 1 heterocycles. The fraction of sp³-hybridized carbons (Fsp3) is 0.0909. The average molecular weight is 390 g/mol. The fourth-order valence-corrected chi connectivity index (χ4v) is 2.73. The van der Waals surface area contributed by atoms with E-state index < -0.39 is 5.97 Å². The number of ketones is 1. The van der Waals surface area contributed by atoms with Crippen LogP contribution in [0.4, 0.5) is 0 Å². The summed E-state index contributed by atoms with van der Waals surface area (Å²) in [7, 11) is 3.08. The molecule has 0 atom stereocenters. The number of aromatic carboxylic acids is 1. The molecule has 0 amide bonds. The van der Waals surface area contributed by atoms with Gasteiger partial charge in [-0.3, -0.25) is 14.8 Å². The molecule has 0 saturated heterocycles. The molecule has 3 aromatic rings. The number of methoxy groups -OCH3 is 2. The van der Waals surface area contributed by atoms with Gasteiger partial charge in [0.1, 0.15) is 11.5 Å². The number of carboxylic acids is 1. The van der Waals surface area contributed by atoms with Crippen LogP contribution in [0.25, 0.3) is 17.3 Å². The van der Waals surface area contributed by atoms with E-state index in [4.69, 9.17) is 14.6 Å². The maximum absolute atomic E-state index is 12.5. The summed E-state index contributed by atoms with van der Waals surface area (Å²) in [6.07, 6.45) is 7.81. The standard InChI is InChI=1S/C22H18N2O5/c1-28-20-12-21(29-2)17(18-13-23-9-10-24-18)11-16(20)7-8-19(25)14-3-5-15(6-4-14)22(26)27/h3-13H,1-2H3,(H,26,27)/b8-7+. The summed E-state index contributed by atoms with van der Waals surface area (Å²) in [5.41, 5.74) is 2.49. The summed E-state index contributed by atoms with van der Waals surface area (Å²) in [5.74, 6) is -0.213. The van der Waals surface area contributed by atoms with Crippen molar-refractivity contribution in [3.05, 3.63) is 77.8 Å². The first-order chi connectivity index (χ1) is 14.0. The van der Waals surface area contributed by atoms with E-state index >= 15 is 0 Å². The van der Waals surface area contributed by atoms with Crippen LogP contribution in [0.1, 0.15) is 26.3 Å². The molecule has 7 nitrogen and oxygen atoms in total. The molecule has 0 spiro atoms. The summed E-state index contributed by atoms with van der Waals surface area (Å²) in [6, 6.07) is 9.26. The fourth-order valence-electron chi connectivity index (χ4n) is 2.73.